The minimum atomic E-state index is -1.79. The van der Waals surface area contributed by atoms with Gasteiger partial charge in [-0.1, -0.05) is 326 Å². The van der Waals surface area contributed by atoms with Crippen molar-refractivity contribution in [1.82, 2.24) is 5.32 Å². The van der Waals surface area contributed by atoms with Crippen LogP contribution in [0.1, 0.15) is 341 Å². The summed E-state index contributed by atoms with van der Waals surface area (Å²) in [5.41, 5.74) is 0. The van der Waals surface area contributed by atoms with Gasteiger partial charge in [-0.25, -0.2) is 0 Å². The fraction of sp³-hybridized carbons (Fsp3) is 0.907. The highest BCUT2D eigenvalue weighted by Gasteiger charge is 2.51. The number of hydrogen-bond donors (Lipinski definition) is 9. The van der Waals surface area contributed by atoms with E-state index >= 15 is 0 Å². The van der Waals surface area contributed by atoms with Gasteiger partial charge in [-0.3, -0.25) is 4.79 Å². The number of rotatable bonds is 63. The Bertz CT molecular complexity index is 1630. The van der Waals surface area contributed by atoms with Crippen LogP contribution in [0, 0.1) is 0 Å². The quantitative estimate of drug-likeness (QED) is 0.0204. The molecule has 0 radical (unpaired) electrons. The number of aliphatic hydroxyl groups excluding tert-OH is 8. The number of allylic oxidation sites excluding steroid dienone is 5. The van der Waals surface area contributed by atoms with E-state index in [1.165, 1.54) is 263 Å². The Balaban J connectivity index is 1.57. The number of aliphatic hydroxyl groups is 8. The van der Waals surface area contributed by atoms with Gasteiger partial charge in [0.15, 0.2) is 12.6 Å². The summed E-state index contributed by atoms with van der Waals surface area (Å²) in [6.45, 7) is 2.81. The molecule has 2 fully saturated rings. The first-order valence-electron chi connectivity index (χ1n) is 37.7. The Hall–Kier alpha value is -1.79. The zero-order chi connectivity index (χ0) is 64.5. The normalized spacial score (nSPS) is 23.2. The van der Waals surface area contributed by atoms with Crippen LogP contribution in [0.4, 0.5) is 0 Å². The van der Waals surface area contributed by atoms with E-state index in [1.54, 1.807) is 6.08 Å². The summed E-state index contributed by atoms with van der Waals surface area (Å²) in [6, 6.07) is -0.937. The van der Waals surface area contributed by atoms with Crippen molar-refractivity contribution >= 4 is 5.91 Å². The van der Waals surface area contributed by atoms with Gasteiger partial charge < -0.3 is 65.1 Å². The summed E-state index contributed by atoms with van der Waals surface area (Å²) in [5, 5.41) is 87.3. The van der Waals surface area contributed by atoms with Crippen molar-refractivity contribution in [2.75, 3.05) is 19.8 Å². The lowest BCUT2D eigenvalue weighted by Gasteiger charge is -2.46. The molecule has 14 heteroatoms. The van der Waals surface area contributed by atoms with Crippen molar-refractivity contribution in [1.29, 1.82) is 0 Å². The molecule has 89 heavy (non-hydrogen) atoms. The lowest BCUT2D eigenvalue weighted by molar-refractivity contribution is -0.359. The number of unbranched alkanes of at least 4 members (excludes halogenated alkanes) is 46. The molecule has 9 N–H and O–H groups in total. The maximum absolute atomic E-state index is 13.3. The molecule has 0 aliphatic carbocycles. The maximum Gasteiger partial charge on any atom is 0.220 e. The average Bonchev–Trinajstić information content (AvgIpc) is 1.30. The van der Waals surface area contributed by atoms with Crippen LogP contribution in [-0.4, -0.2) is 140 Å². The second-order valence-corrected chi connectivity index (χ2v) is 26.8. The van der Waals surface area contributed by atoms with Crippen molar-refractivity contribution in [3.63, 3.8) is 0 Å². The number of ether oxygens (including phenoxy) is 4. The fourth-order valence-electron chi connectivity index (χ4n) is 12.6. The van der Waals surface area contributed by atoms with Gasteiger partial charge in [-0.05, 0) is 44.9 Å². The zero-order valence-electron chi connectivity index (χ0n) is 57.2. The molecule has 2 heterocycles. The lowest BCUT2D eigenvalue weighted by atomic mass is 9.97. The van der Waals surface area contributed by atoms with E-state index in [9.17, 15) is 45.6 Å². The van der Waals surface area contributed by atoms with E-state index in [2.05, 4.69) is 43.5 Å². The summed E-state index contributed by atoms with van der Waals surface area (Å²) in [7, 11) is 0. The van der Waals surface area contributed by atoms with Crippen molar-refractivity contribution in [2.45, 2.75) is 415 Å². The zero-order valence-corrected chi connectivity index (χ0v) is 57.2. The monoisotopic (exact) mass is 1260 g/mol. The topological polar surface area (TPSA) is 228 Å². The van der Waals surface area contributed by atoms with Gasteiger partial charge in [0.25, 0.3) is 0 Å². The van der Waals surface area contributed by atoms with Crippen molar-refractivity contribution in [3.05, 3.63) is 36.5 Å². The van der Waals surface area contributed by atoms with Crippen LogP contribution >= 0.6 is 0 Å². The molecule has 0 spiro atoms. The molecular formula is C75H141NO13. The van der Waals surface area contributed by atoms with Gasteiger partial charge in [0, 0.05) is 6.42 Å². The highest BCUT2D eigenvalue weighted by Crippen LogP contribution is 2.30. The Labute approximate surface area is 544 Å². The number of carbonyl (C=O) groups excluding carboxylic acids is 1. The van der Waals surface area contributed by atoms with Gasteiger partial charge in [0.05, 0.1) is 32.0 Å². The molecule has 2 aliphatic rings. The van der Waals surface area contributed by atoms with Gasteiger partial charge in [-0.2, -0.15) is 0 Å². The molecule has 0 aromatic carbocycles. The molecule has 0 bridgehead atoms. The van der Waals surface area contributed by atoms with Gasteiger partial charge in [-0.15, -0.1) is 0 Å². The molecule has 1 amide bonds. The van der Waals surface area contributed by atoms with E-state index in [0.29, 0.717) is 12.8 Å². The predicted octanol–water partition coefficient (Wildman–Crippen LogP) is 16.1. The SMILES string of the molecule is CCCCCCCCC/C=C/CC/C=C/CC/C=C/C(O)C(COC1OC(CO)C(OC2OC(CO)C(O)C(O)C2O)C(O)C1O)NC(=O)CCCCCCCCCCCCCCCCCCCCCCCCCCCCCCCCCCCCCCCC. The van der Waals surface area contributed by atoms with Crippen LogP contribution in [0.5, 0.6) is 0 Å². The maximum atomic E-state index is 13.3. The third-order valence-electron chi connectivity index (χ3n) is 18.6. The van der Waals surface area contributed by atoms with Crippen LogP contribution in [0.15, 0.2) is 36.5 Å². The van der Waals surface area contributed by atoms with E-state index in [1.807, 2.05) is 6.08 Å². The molecule has 2 rings (SSSR count). The van der Waals surface area contributed by atoms with Crippen molar-refractivity contribution in [3.8, 4) is 0 Å². The first-order valence-corrected chi connectivity index (χ1v) is 37.7. The summed E-state index contributed by atoms with van der Waals surface area (Å²) in [4.78, 5) is 13.3. The first-order chi connectivity index (χ1) is 43.6. The standard InChI is InChI=1S/C75H141NO13/c1-3-5-7-9-11-13-15-17-19-21-22-23-24-25-26-27-28-29-30-31-32-33-34-35-36-37-38-39-40-41-43-45-47-49-51-53-55-57-59-67(80)76-63(64(79)58-56-54-52-50-48-46-44-42-20-18-16-14-12-10-8-6-4-2)62-86-74-72(85)70(83)73(66(61-78)88-74)89-75-71(84)69(82)68(81)65(60-77)87-75/h20,42,48,50,56,58,63-66,68-75,77-79,81-85H,3-19,21-41,43-47,49,51-55,57,59-62H2,1-2H3,(H,76,80)/b42-20+,50-48+,58-56+. The van der Waals surface area contributed by atoms with Crippen LogP contribution in [0.2, 0.25) is 0 Å². The summed E-state index contributed by atoms with van der Waals surface area (Å²) in [5.74, 6) is -0.247. The number of amides is 1. The summed E-state index contributed by atoms with van der Waals surface area (Å²) in [6.07, 6.45) is 61.0. The highest BCUT2D eigenvalue weighted by molar-refractivity contribution is 5.76. The highest BCUT2D eigenvalue weighted by atomic mass is 16.7. The predicted molar refractivity (Wildman–Crippen MR) is 365 cm³/mol. The summed E-state index contributed by atoms with van der Waals surface area (Å²) < 4.78 is 22.8. The molecule has 12 unspecified atom stereocenters. The van der Waals surface area contributed by atoms with Crippen LogP contribution in [-0.2, 0) is 23.7 Å². The van der Waals surface area contributed by atoms with E-state index in [4.69, 9.17) is 18.9 Å². The molecule has 14 nitrogen and oxygen atoms in total. The Morgan fingerprint density at radius 2 is 0.719 bits per heavy atom. The molecule has 2 saturated heterocycles. The van der Waals surface area contributed by atoms with Crippen LogP contribution in [0.25, 0.3) is 0 Å². The molecule has 0 aromatic rings. The van der Waals surface area contributed by atoms with Gasteiger partial charge in [0.2, 0.25) is 5.91 Å². The van der Waals surface area contributed by atoms with Crippen molar-refractivity contribution in [2.24, 2.45) is 0 Å². The molecule has 2 aliphatic heterocycles. The van der Waals surface area contributed by atoms with Crippen LogP contribution in [0.3, 0.4) is 0 Å². The minimum Gasteiger partial charge on any atom is -0.394 e. The van der Waals surface area contributed by atoms with Gasteiger partial charge >= 0.3 is 0 Å². The smallest absolute Gasteiger partial charge is 0.220 e. The Morgan fingerprint density at radius 3 is 1.10 bits per heavy atom. The molecule has 12 atom stereocenters. The van der Waals surface area contributed by atoms with Crippen LogP contribution < -0.4 is 5.32 Å². The second-order valence-electron chi connectivity index (χ2n) is 26.8. The van der Waals surface area contributed by atoms with E-state index in [-0.39, 0.29) is 18.9 Å². The third-order valence-corrected chi connectivity index (χ3v) is 18.6. The fourth-order valence-corrected chi connectivity index (χ4v) is 12.6. The average molecular weight is 1260 g/mol. The molecule has 0 aromatic heterocycles. The number of carbonyl (C=O) groups is 1. The summed E-state index contributed by atoms with van der Waals surface area (Å²) >= 11 is 0. The third kappa shape index (κ3) is 43.7. The Morgan fingerprint density at radius 1 is 0.393 bits per heavy atom. The second kappa shape index (κ2) is 59.9. The first kappa shape index (κ1) is 83.3. The van der Waals surface area contributed by atoms with E-state index in [0.717, 1.165) is 44.9 Å². The minimum absolute atomic E-state index is 0.247. The van der Waals surface area contributed by atoms with Crippen molar-refractivity contribution < 1.29 is 64.6 Å². The van der Waals surface area contributed by atoms with Gasteiger partial charge in [0.1, 0.15) is 48.8 Å². The lowest BCUT2D eigenvalue weighted by Crippen LogP contribution is -2.65. The molecular weight excluding hydrogens is 1120 g/mol. The largest absolute Gasteiger partial charge is 0.394 e. The molecule has 0 saturated carbocycles. The number of hydrogen-bond acceptors (Lipinski definition) is 13. The number of nitrogens with one attached hydrogen (secondary N) is 1. The Kier molecular flexibility index (Phi) is 56.1. The van der Waals surface area contributed by atoms with E-state index < -0.39 is 86.8 Å². The molecule has 524 valence electrons.